The third-order valence-electron chi connectivity index (χ3n) is 7.84. The average Bonchev–Trinajstić information content (AvgIpc) is 3.64. The summed E-state index contributed by atoms with van der Waals surface area (Å²) in [4.78, 5) is 17.9. The van der Waals surface area contributed by atoms with E-state index in [1.807, 2.05) is 0 Å². The van der Waals surface area contributed by atoms with Crippen molar-refractivity contribution in [1.82, 2.24) is 10.3 Å². The Morgan fingerprint density at radius 3 is 2.37 bits per heavy atom. The molecule has 0 radical (unpaired) electrons. The SMILES string of the molecule is CNC(=O)c1c(-c2ccc(F)cc2)oc2cc(N(C)S(C)(=O)=O)c(-c3ccc(OC)c(-c4nc5c(C(C)O)cccc5o4)c3)cc12. The molecule has 1 amide bonds. The van der Waals surface area contributed by atoms with Crippen LogP contribution in [-0.4, -0.2) is 51.9 Å². The third kappa shape index (κ3) is 5.35. The van der Waals surface area contributed by atoms with Crippen LogP contribution in [0.2, 0.25) is 0 Å². The predicted octanol–water partition coefficient (Wildman–Crippen LogP) is 6.53. The largest absolute Gasteiger partial charge is 0.496 e. The molecule has 2 aromatic heterocycles. The number of aliphatic hydroxyl groups excluding tert-OH is 1. The van der Waals surface area contributed by atoms with E-state index >= 15 is 0 Å². The van der Waals surface area contributed by atoms with E-state index in [2.05, 4.69) is 10.3 Å². The molecule has 0 fully saturated rings. The number of nitrogens with zero attached hydrogens (tertiary/aromatic N) is 2. The minimum atomic E-state index is -3.75. The van der Waals surface area contributed by atoms with Crippen LogP contribution in [0.1, 0.15) is 28.9 Å². The Morgan fingerprint density at radius 2 is 1.72 bits per heavy atom. The van der Waals surface area contributed by atoms with Gasteiger partial charge < -0.3 is 24.0 Å². The van der Waals surface area contributed by atoms with E-state index in [4.69, 9.17) is 13.6 Å². The lowest BCUT2D eigenvalue weighted by Crippen LogP contribution is -2.25. The maximum atomic E-state index is 13.7. The zero-order valence-electron chi connectivity index (χ0n) is 25.6. The Morgan fingerprint density at radius 1 is 1.00 bits per heavy atom. The fraction of sp³-hybridized carbons (Fsp3) is 0.176. The summed E-state index contributed by atoms with van der Waals surface area (Å²) in [6, 6.07) is 19.3. The van der Waals surface area contributed by atoms with E-state index in [0.29, 0.717) is 50.1 Å². The summed E-state index contributed by atoms with van der Waals surface area (Å²) in [5.41, 5.74) is 4.29. The highest BCUT2D eigenvalue weighted by atomic mass is 32.2. The van der Waals surface area contributed by atoms with Gasteiger partial charge in [-0.25, -0.2) is 17.8 Å². The van der Waals surface area contributed by atoms with Crippen LogP contribution in [0.5, 0.6) is 5.75 Å². The fourth-order valence-corrected chi connectivity index (χ4v) is 5.93. The summed E-state index contributed by atoms with van der Waals surface area (Å²) in [6.45, 7) is 1.64. The van der Waals surface area contributed by atoms with Crippen molar-refractivity contribution in [2.24, 2.45) is 0 Å². The number of halogens is 1. The minimum absolute atomic E-state index is 0.204. The van der Waals surface area contributed by atoms with Crippen molar-refractivity contribution in [1.29, 1.82) is 0 Å². The van der Waals surface area contributed by atoms with Gasteiger partial charge in [0.1, 0.15) is 28.4 Å². The number of hydrogen-bond donors (Lipinski definition) is 2. The van der Waals surface area contributed by atoms with Crippen LogP contribution in [0.4, 0.5) is 10.1 Å². The molecule has 4 aromatic carbocycles. The van der Waals surface area contributed by atoms with Crippen molar-refractivity contribution in [3.05, 3.63) is 89.7 Å². The summed E-state index contributed by atoms with van der Waals surface area (Å²) in [5.74, 6) is -0.00816. The summed E-state index contributed by atoms with van der Waals surface area (Å²) in [7, 11) is 0.670. The molecule has 0 spiro atoms. The highest BCUT2D eigenvalue weighted by Gasteiger charge is 2.27. The van der Waals surface area contributed by atoms with Gasteiger partial charge in [-0.2, -0.15) is 0 Å². The molecular formula is C34H30FN3O7S. The number of para-hydroxylation sites is 1. The Hall–Kier alpha value is -5.20. The molecule has 0 aliphatic carbocycles. The lowest BCUT2D eigenvalue weighted by molar-refractivity contribution is 0.0964. The van der Waals surface area contributed by atoms with Gasteiger partial charge >= 0.3 is 0 Å². The maximum absolute atomic E-state index is 13.7. The molecule has 0 saturated carbocycles. The first-order valence-corrected chi connectivity index (χ1v) is 16.0. The number of aromatic nitrogens is 1. The summed E-state index contributed by atoms with van der Waals surface area (Å²) in [6.07, 6.45) is 0.306. The molecule has 1 unspecified atom stereocenters. The summed E-state index contributed by atoms with van der Waals surface area (Å²) >= 11 is 0. The number of carbonyl (C=O) groups is 1. The third-order valence-corrected chi connectivity index (χ3v) is 9.04. The topological polar surface area (TPSA) is 135 Å². The standard InChI is InChI=1S/C34H30FN3O7S/c1-18(39)22-7-6-8-28-31(22)37-34(45-28)25-15-20(11-14-27(25)43-4)23-16-24-29(17-26(23)38(3)46(5,41)42)44-32(30(24)33(40)36-2)19-9-12-21(35)13-10-19/h6-18,39H,1-5H3,(H,36,40). The molecule has 10 nitrogen and oxygen atoms in total. The Balaban J connectivity index is 1.63. The van der Waals surface area contributed by atoms with E-state index in [1.165, 1.54) is 45.5 Å². The van der Waals surface area contributed by atoms with Gasteiger partial charge in [-0.3, -0.25) is 9.10 Å². The molecule has 0 aliphatic rings. The zero-order valence-corrected chi connectivity index (χ0v) is 26.4. The van der Waals surface area contributed by atoms with Gasteiger partial charge in [0, 0.05) is 42.2 Å². The van der Waals surface area contributed by atoms with Crippen LogP contribution in [0.3, 0.4) is 0 Å². The van der Waals surface area contributed by atoms with Gasteiger partial charge in [0.2, 0.25) is 15.9 Å². The van der Waals surface area contributed by atoms with Gasteiger partial charge in [0.15, 0.2) is 5.58 Å². The van der Waals surface area contributed by atoms with E-state index in [0.717, 1.165) is 10.6 Å². The van der Waals surface area contributed by atoms with E-state index < -0.39 is 27.9 Å². The molecule has 236 valence electrons. The monoisotopic (exact) mass is 643 g/mol. The first-order chi connectivity index (χ1) is 21.9. The fourth-order valence-electron chi connectivity index (χ4n) is 5.42. The number of aliphatic hydroxyl groups is 1. The van der Waals surface area contributed by atoms with Crippen LogP contribution in [0.25, 0.3) is 56.0 Å². The van der Waals surface area contributed by atoms with Crippen molar-refractivity contribution in [2.75, 3.05) is 31.8 Å². The van der Waals surface area contributed by atoms with E-state index in [-0.39, 0.29) is 28.5 Å². The lowest BCUT2D eigenvalue weighted by Gasteiger charge is -2.21. The molecule has 0 aliphatic heterocycles. The molecule has 2 N–H and O–H groups in total. The number of furan rings is 1. The first kappa shape index (κ1) is 30.8. The van der Waals surface area contributed by atoms with Gasteiger partial charge in [-0.1, -0.05) is 18.2 Å². The van der Waals surface area contributed by atoms with Gasteiger partial charge in [-0.15, -0.1) is 0 Å². The second-order valence-electron chi connectivity index (χ2n) is 10.8. The maximum Gasteiger partial charge on any atom is 0.255 e. The number of fused-ring (bicyclic) bond motifs is 2. The second kappa shape index (κ2) is 11.6. The molecule has 2 heterocycles. The van der Waals surface area contributed by atoms with Crippen molar-refractivity contribution in [3.8, 4) is 39.7 Å². The number of sulfonamides is 1. The van der Waals surface area contributed by atoms with Crippen molar-refractivity contribution < 1.29 is 36.3 Å². The Bertz CT molecular complexity index is 2240. The molecule has 0 saturated heterocycles. The van der Waals surface area contributed by atoms with Crippen LogP contribution in [0, 0.1) is 5.82 Å². The number of rotatable bonds is 8. The van der Waals surface area contributed by atoms with E-state index in [9.17, 15) is 22.7 Å². The number of benzene rings is 4. The van der Waals surface area contributed by atoms with Gasteiger partial charge in [0.25, 0.3) is 5.91 Å². The number of anilines is 1. The quantitative estimate of drug-likeness (QED) is 0.191. The number of oxazole rings is 1. The molecule has 46 heavy (non-hydrogen) atoms. The molecule has 0 bridgehead atoms. The zero-order chi connectivity index (χ0) is 32.9. The van der Waals surface area contributed by atoms with Crippen molar-refractivity contribution in [2.45, 2.75) is 13.0 Å². The number of ether oxygens (including phenoxy) is 1. The number of hydrogen-bond acceptors (Lipinski definition) is 8. The average molecular weight is 644 g/mol. The molecular weight excluding hydrogens is 613 g/mol. The van der Waals surface area contributed by atoms with Gasteiger partial charge in [0.05, 0.1) is 36.3 Å². The number of nitrogens with one attached hydrogen (secondary N) is 1. The predicted molar refractivity (Wildman–Crippen MR) is 174 cm³/mol. The summed E-state index contributed by atoms with van der Waals surface area (Å²) in [5, 5.41) is 13.3. The Kier molecular flexibility index (Phi) is 7.78. The number of methoxy groups -OCH3 is 1. The lowest BCUT2D eigenvalue weighted by atomic mass is 9.97. The van der Waals surface area contributed by atoms with Crippen LogP contribution in [0.15, 0.2) is 81.6 Å². The van der Waals surface area contributed by atoms with Crippen molar-refractivity contribution in [3.63, 3.8) is 0 Å². The van der Waals surface area contributed by atoms with Crippen LogP contribution in [-0.2, 0) is 10.0 Å². The highest BCUT2D eigenvalue weighted by molar-refractivity contribution is 7.92. The van der Waals surface area contributed by atoms with Crippen LogP contribution >= 0.6 is 0 Å². The molecule has 12 heteroatoms. The molecule has 6 aromatic rings. The molecule has 1 atom stereocenters. The number of carbonyl (C=O) groups excluding carboxylic acids is 1. The number of amides is 1. The molecule has 6 rings (SSSR count). The second-order valence-corrected chi connectivity index (χ2v) is 12.8. The van der Waals surface area contributed by atoms with Crippen LogP contribution < -0.4 is 14.4 Å². The first-order valence-electron chi connectivity index (χ1n) is 14.2. The normalized spacial score (nSPS) is 12.4. The highest BCUT2D eigenvalue weighted by Crippen LogP contribution is 2.43. The van der Waals surface area contributed by atoms with Gasteiger partial charge in [-0.05, 0) is 61.0 Å². The Labute approximate surface area is 264 Å². The van der Waals surface area contributed by atoms with E-state index in [1.54, 1.807) is 55.5 Å². The minimum Gasteiger partial charge on any atom is -0.496 e. The van der Waals surface area contributed by atoms with Crippen molar-refractivity contribution >= 4 is 43.7 Å². The summed E-state index contributed by atoms with van der Waals surface area (Å²) < 4.78 is 58.5. The smallest absolute Gasteiger partial charge is 0.255 e.